The van der Waals surface area contributed by atoms with E-state index in [2.05, 4.69) is 54.6 Å². The van der Waals surface area contributed by atoms with Gasteiger partial charge >= 0.3 is 0 Å². The normalized spacial score (nSPS) is 22.9. The van der Waals surface area contributed by atoms with Crippen molar-refractivity contribution in [2.75, 3.05) is 13.3 Å². The molecule has 2 N–H and O–H groups in total. The van der Waals surface area contributed by atoms with Crippen molar-refractivity contribution in [1.29, 1.82) is 0 Å². The summed E-state index contributed by atoms with van der Waals surface area (Å²) >= 11 is 0. The summed E-state index contributed by atoms with van der Waals surface area (Å²) in [7, 11) is 0. The maximum atomic E-state index is 14.5. The van der Waals surface area contributed by atoms with Gasteiger partial charge in [0.15, 0.2) is 5.84 Å². The Morgan fingerprint density at radius 2 is 2.10 bits per heavy atom. The number of guanidine groups is 1. The minimum absolute atomic E-state index is 0.227. The molecule has 4 heterocycles. The number of fused-ring (bicyclic) bond motifs is 2. The second kappa shape index (κ2) is 7.09. The lowest BCUT2D eigenvalue weighted by molar-refractivity contribution is -0.105. The Balaban J connectivity index is 1.42. The Kier molecular flexibility index (Phi) is 4.58. The van der Waals surface area contributed by atoms with Gasteiger partial charge in [-0.05, 0) is 51.5 Å². The summed E-state index contributed by atoms with van der Waals surface area (Å²) in [4.78, 5) is 6.67. The van der Waals surface area contributed by atoms with Gasteiger partial charge in [-0.1, -0.05) is 0 Å². The van der Waals surface area contributed by atoms with Crippen molar-refractivity contribution in [2.24, 2.45) is 10.1 Å². The van der Waals surface area contributed by atoms with E-state index in [1.54, 1.807) is 6.07 Å². The number of hydrogen-bond acceptors (Lipinski definition) is 7. The molecule has 0 aliphatic carbocycles. The lowest BCUT2D eigenvalue weighted by atomic mass is 9.85. The summed E-state index contributed by atoms with van der Waals surface area (Å²) in [5, 5.41) is 7.82. The molecule has 4 aliphatic heterocycles. The smallest absolute Gasteiger partial charge is 0.206 e. The van der Waals surface area contributed by atoms with Crippen LogP contribution in [-0.4, -0.2) is 41.2 Å². The summed E-state index contributed by atoms with van der Waals surface area (Å²) in [6, 6.07) is 3.17. The van der Waals surface area contributed by atoms with E-state index in [4.69, 9.17) is 9.47 Å². The molecule has 0 aromatic heterocycles. The van der Waals surface area contributed by atoms with Crippen molar-refractivity contribution >= 4 is 11.8 Å². The van der Waals surface area contributed by atoms with Crippen molar-refractivity contribution in [3.63, 3.8) is 0 Å². The van der Waals surface area contributed by atoms with E-state index in [1.165, 1.54) is 11.6 Å². The average molecular weight is 426 g/mol. The third-order valence-electron chi connectivity index (χ3n) is 5.87. The van der Waals surface area contributed by atoms with Gasteiger partial charge in [-0.3, -0.25) is 10.3 Å². The summed E-state index contributed by atoms with van der Waals surface area (Å²) in [5.41, 5.74) is 6.13. The van der Waals surface area contributed by atoms with E-state index in [0.29, 0.717) is 31.3 Å². The maximum absolute atomic E-state index is 14.5. The Bertz CT molecular complexity index is 1050. The molecule has 164 valence electrons. The van der Waals surface area contributed by atoms with Crippen LogP contribution in [0.4, 0.5) is 4.39 Å². The first-order valence-electron chi connectivity index (χ1n) is 10.7. The van der Waals surface area contributed by atoms with Crippen molar-refractivity contribution in [1.82, 2.24) is 15.6 Å². The topological polar surface area (TPSA) is 70.5 Å². The second-order valence-electron chi connectivity index (χ2n) is 9.44. The van der Waals surface area contributed by atoms with Crippen LogP contribution >= 0.6 is 0 Å². The van der Waals surface area contributed by atoms with Crippen LogP contribution in [0.3, 0.4) is 0 Å². The molecule has 0 saturated heterocycles. The van der Waals surface area contributed by atoms with Gasteiger partial charge in [0, 0.05) is 42.3 Å². The van der Waals surface area contributed by atoms with Crippen LogP contribution in [0.2, 0.25) is 0 Å². The zero-order chi connectivity index (χ0) is 21.8. The summed E-state index contributed by atoms with van der Waals surface area (Å²) in [6.07, 6.45) is 5.50. The summed E-state index contributed by atoms with van der Waals surface area (Å²) in [6.45, 7) is 9.77. The van der Waals surface area contributed by atoms with Crippen LogP contribution < -0.4 is 15.5 Å². The minimum Gasteiger partial charge on any atom is -0.493 e. The predicted molar refractivity (Wildman–Crippen MR) is 117 cm³/mol. The van der Waals surface area contributed by atoms with Crippen molar-refractivity contribution in [3.05, 3.63) is 52.5 Å². The highest BCUT2D eigenvalue weighted by Gasteiger charge is 2.38. The lowest BCUT2D eigenvalue weighted by Crippen LogP contribution is -2.47. The molecule has 8 heteroatoms. The largest absolute Gasteiger partial charge is 0.493 e. The Hall–Kier alpha value is -2.87. The molecule has 0 unspecified atom stereocenters. The van der Waals surface area contributed by atoms with Crippen molar-refractivity contribution in [2.45, 2.75) is 58.3 Å². The molecule has 0 amide bonds. The zero-order valence-corrected chi connectivity index (χ0v) is 18.4. The quantitative estimate of drug-likeness (QED) is 0.779. The van der Waals surface area contributed by atoms with Crippen LogP contribution in [0.5, 0.6) is 5.75 Å². The van der Waals surface area contributed by atoms with E-state index in [1.807, 2.05) is 11.1 Å². The lowest BCUT2D eigenvalue weighted by Gasteiger charge is -2.41. The van der Waals surface area contributed by atoms with Crippen LogP contribution in [-0.2, 0) is 17.7 Å². The third-order valence-corrected chi connectivity index (χ3v) is 5.87. The molecule has 0 bridgehead atoms. The molecule has 0 radical (unpaired) electrons. The molecule has 1 aromatic rings. The van der Waals surface area contributed by atoms with Crippen LogP contribution in [0.15, 0.2) is 45.6 Å². The predicted octanol–water partition coefficient (Wildman–Crippen LogP) is 3.18. The van der Waals surface area contributed by atoms with Gasteiger partial charge in [0.1, 0.15) is 18.2 Å². The molecular formula is C23H28FN5O2. The van der Waals surface area contributed by atoms with E-state index >= 15 is 0 Å². The standard InChI is InChI=1S/C23H28FN5O2/c1-22(2)9-14(10-23(3,4)31-22)16-11-25-21(29-13-27-28-20(16)29)26-12-17-15-7-8-30-19(15)6-5-18(17)24/h5-6,9,11,27H,7-8,10,12-13H2,1-4H3,(H,25,26). The molecule has 31 heavy (non-hydrogen) atoms. The van der Waals surface area contributed by atoms with E-state index < -0.39 is 0 Å². The molecule has 0 fully saturated rings. The summed E-state index contributed by atoms with van der Waals surface area (Å²) in [5.74, 6) is 2.01. The molecule has 1 aromatic carbocycles. The monoisotopic (exact) mass is 425 g/mol. The van der Waals surface area contributed by atoms with Gasteiger partial charge in [-0.25, -0.2) is 9.38 Å². The Labute approximate surface area is 181 Å². The SMILES string of the molecule is CC1(C)C=C(C2=CN=C(NCc3c(F)ccc4c3CCO4)N3CNN=C23)CC(C)(C)O1. The molecule has 0 spiro atoms. The number of nitrogens with one attached hydrogen (secondary N) is 2. The number of amidine groups is 1. The first-order valence-corrected chi connectivity index (χ1v) is 10.7. The Morgan fingerprint density at radius 1 is 1.26 bits per heavy atom. The van der Waals surface area contributed by atoms with E-state index in [-0.39, 0.29) is 17.0 Å². The van der Waals surface area contributed by atoms with Crippen LogP contribution in [0, 0.1) is 5.82 Å². The number of halogens is 1. The molecule has 5 rings (SSSR count). The van der Waals surface area contributed by atoms with Gasteiger partial charge in [-0.2, -0.15) is 5.10 Å². The van der Waals surface area contributed by atoms with Crippen molar-refractivity contribution in [3.8, 4) is 5.75 Å². The third kappa shape index (κ3) is 3.69. The highest BCUT2D eigenvalue weighted by Crippen LogP contribution is 2.38. The molecule has 0 atom stereocenters. The van der Waals surface area contributed by atoms with E-state index in [9.17, 15) is 4.39 Å². The highest BCUT2D eigenvalue weighted by molar-refractivity contribution is 6.13. The molecule has 7 nitrogen and oxygen atoms in total. The maximum Gasteiger partial charge on any atom is 0.206 e. The number of hydrazone groups is 1. The summed E-state index contributed by atoms with van der Waals surface area (Å²) < 4.78 is 26.3. The number of rotatable bonds is 3. The number of nitrogens with zero attached hydrogens (tertiary/aromatic N) is 3. The average Bonchev–Trinajstić information content (AvgIpc) is 3.34. The number of ether oxygens (including phenoxy) is 2. The van der Waals surface area contributed by atoms with Gasteiger partial charge < -0.3 is 14.8 Å². The minimum atomic E-state index is -0.370. The fraction of sp³-hybridized carbons (Fsp3) is 0.478. The van der Waals surface area contributed by atoms with Gasteiger partial charge in [0.05, 0.1) is 17.8 Å². The van der Waals surface area contributed by atoms with Crippen molar-refractivity contribution < 1.29 is 13.9 Å². The Morgan fingerprint density at radius 3 is 2.90 bits per heavy atom. The number of benzene rings is 1. The fourth-order valence-electron chi connectivity index (χ4n) is 4.87. The zero-order valence-electron chi connectivity index (χ0n) is 18.4. The first kappa shape index (κ1) is 20.1. The molecule has 4 aliphatic rings. The van der Waals surface area contributed by atoms with Gasteiger partial charge in [0.2, 0.25) is 5.96 Å². The van der Waals surface area contributed by atoms with Crippen LogP contribution in [0.25, 0.3) is 0 Å². The number of hydrogen-bond donors (Lipinski definition) is 2. The van der Waals surface area contributed by atoms with Gasteiger partial charge in [0.25, 0.3) is 0 Å². The number of aliphatic imine (C=N–C) groups is 1. The van der Waals surface area contributed by atoms with Gasteiger partial charge in [-0.15, -0.1) is 0 Å². The molecule has 0 saturated carbocycles. The molecular weight excluding hydrogens is 397 g/mol. The second-order valence-corrected chi connectivity index (χ2v) is 9.44. The van der Waals surface area contributed by atoms with Crippen LogP contribution in [0.1, 0.15) is 45.2 Å². The van der Waals surface area contributed by atoms with E-state index in [0.717, 1.165) is 35.6 Å². The first-order chi connectivity index (χ1) is 14.7. The fourth-order valence-corrected chi connectivity index (χ4v) is 4.87. The highest BCUT2D eigenvalue weighted by atomic mass is 19.1.